The van der Waals surface area contributed by atoms with E-state index in [2.05, 4.69) is 34.7 Å². The minimum absolute atomic E-state index is 0.658. The average Bonchev–Trinajstić information content (AvgIpc) is 2.51. The van der Waals surface area contributed by atoms with Crippen molar-refractivity contribution in [3.63, 3.8) is 0 Å². The van der Waals surface area contributed by atoms with Gasteiger partial charge in [0.05, 0.1) is 6.54 Å². The summed E-state index contributed by atoms with van der Waals surface area (Å²) in [5.74, 6) is 1.56. The predicted octanol–water partition coefficient (Wildman–Crippen LogP) is 0.439. The fraction of sp³-hybridized carbons (Fsp3) is 0.875. The summed E-state index contributed by atoms with van der Waals surface area (Å²) in [5, 5.41) is 14.7. The third-order valence-corrected chi connectivity index (χ3v) is 1.74. The smallest absolute Gasteiger partial charge is 0.165 e. The molecule has 5 heteroatoms. The number of hydrogen-bond donors (Lipinski definition) is 1. The monoisotopic (exact) mass is 183 g/mol. The van der Waals surface area contributed by atoms with E-state index in [0.29, 0.717) is 5.92 Å². The summed E-state index contributed by atoms with van der Waals surface area (Å²) >= 11 is 0. The summed E-state index contributed by atoms with van der Waals surface area (Å²) in [7, 11) is 0. The zero-order valence-corrected chi connectivity index (χ0v) is 8.49. The van der Waals surface area contributed by atoms with Gasteiger partial charge >= 0.3 is 0 Å². The van der Waals surface area contributed by atoms with Gasteiger partial charge in [-0.3, -0.25) is 0 Å². The van der Waals surface area contributed by atoms with E-state index >= 15 is 0 Å². The minimum atomic E-state index is 0.658. The molecule has 0 spiro atoms. The molecular weight excluding hydrogens is 166 g/mol. The third kappa shape index (κ3) is 3.10. The summed E-state index contributed by atoms with van der Waals surface area (Å²) in [6, 6.07) is 0. The van der Waals surface area contributed by atoms with Crippen molar-refractivity contribution in [2.24, 2.45) is 5.92 Å². The van der Waals surface area contributed by atoms with Crippen LogP contribution < -0.4 is 5.32 Å². The van der Waals surface area contributed by atoms with E-state index in [0.717, 1.165) is 25.5 Å². The maximum atomic E-state index is 3.92. The Morgan fingerprint density at radius 2 is 2.23 bits per heavy atom. The van der Waals surface area contributed by atoms with Crippen LogP contribution in [0.2, 0.25) is 0 Å². The zero-order valence-electron chi connectivity index (χ0n) is 8.49. The van der Waals surface area contributed by atoms with Crippen molar-refractivity contribution in [2.75, 3.05) is 6.54 Å². The van der Waals surface area contributed by atoms with Gasteiger partial charge in [0.1, 0.15) is 0 Å². The molecule has 13 heavy (non-hydrogen) atoms. The first-order valence-corrected chi connectivity index (χ1v) is 4.69. The molecule has 0 aliphatic rings. The van der Waals surface area contributed by atoms with E-state index in [1.54, 1.807) is 4.68 Å². The minimum Gasteiger partial charge on any atom is -0.310 e. The predicted molar refractivity (Wildman–Crippen MR) is 50.0 cm³/mol. The zero-order chi connectivity index (χ0) is 9.68. The highest BCUT2D eigenvalue weighted by molar-refractivity contribution is 4.79. The molecule has 0 saturated heterocycles. The van der Waals surface area contributed by atoms with Crippen LogP contribution in [0.4, 0.5) is 0 Å². The van der Waals surface area contributed by atoms with Crippen LogP contribution in [0.5, 0.6) is 0 Å². The number of aromatic nitrogens is 4. The van der Waals surface area contributed by atoms with E-state index in [4.69, 9.17) is 0 Å². The molecule has 0 fully saturated rings. The number of rotatable bonds is 5. The second-order valence-corrected chi connectivity index (χ2v) is 3.44. The number of nitrogens with one attached hydrogen (secondary N) is 1. The first-order chi connectivity index (χ1) is 6.24. The molecule has 0 aliphatic heterocycles. The topological polar surface area (TPSA) is 55.6 Å². The Bertz CT molecular complexity index is 242. The summed E-state index contributed by atoms with van der Waals surface area (Å²) in [6.07, 6.45) is 0. The van der Waals surface area contributed by atoms with Crippen LogP contribution in [0.1, 0.15) is 26.6 Å². The highest BCUT2D eigenvalue weighted by atomic mass is 15.5. The Morgan fingerprint density at radius 1 is 1.46 bits per heavy atom. The van der Waals surface area contributed by atoms with Gasteiger partial charge in [0.25, 0.3) is 0 Å². The van der Waals surface area contributed by atoms with E-state index in [-0.39, 0.29) is 0 Å². The lowest BCUT2D eigenvalue weighted by Gasteiger charge is -2.06. The number of nitrogens with zero attached hydrogens (tertiary/aromatic N) is 4. The maximum Gasteiger partial charge on any atom is 0.165 e. The van der Waals surface area contributed by atoms with Crippen molar-refractivity contribution < 1.29 is 0 Å². The van der Waals surface area contributed by atoms with Gasteiger partial charge in [0.2, 0.25) is 0 Å². The van der Waals surface area contributed by atoms with Crippen LogP contribution in [0, 0.1) is 5.92 Å². The van der Waals surface area contributed by atoms with Gasteiger partial charge in [-0.2, -0.15) is 0 Å². The molecule has 0 amide bonds. The van der Waals surface area contributed by atoms with Gasteiger partial charge in [-0.25, -0.2) is 4.68 Å². The lowest BCUT2D eigenvalue weighted by atomic mass is 10.2. The van der Waals surface area contributed by atoms with Gasteiger partial charge in [0, 0.05) is 6.54 Å². The first-order valence-electron chi connectivity index (χ1n) is 4.69. The molecule has 0 bridgehead atoms. The van der Waals surface area contributed by atoms with Gasteiger partial charge in [-0.1, -0.05) is 13.8 Å². The van der Waals surface area contributed by atoms with Crippen molar-refractivity contribution in [2.45, 2.75) is 33.9 Å². The van der Waals surface area contributed by atoms with Crippen molar-refractivity contribution in [3.05, 3.63) is 5.82 Å². The summed E-state index contributed by atoms with van der Waals surface area (Å²) in [6.45, 7) is 8.95. The van der Waals surface area contributed by atoms with Crippen LogP contribution in [0.25, 0.3) is 0 Å². The molecule has 0 atom stereocenters. The van der Waals surface area contributed by atoms with Gasteiger partial charge in [0.15, 0.2) is 5.82 Å². The van der Waals surface area contributed by atoms with Gasteiger partial charge in [-0.15, -0.1) is 5.10 Å². The van der Waals surface area contributed by atoms with E-state index < -0.39 is 0 Å². The molecular formula is C8H17N5. The van der Waals surface area contributed by atoms with Crippen LogP contribution in [0.15, 0.2) is 0 Å². The number of aryl methyl sites for hydroxylation is 1. The molecule has 0 unspecified atom stereocenters. The molecule has 1 rings (SSSR count). The van der Waals surface area contributed by atoms with Crippen LogP contribution in [-0.4, -0.2) is 26.8 Å². The van der Waals surface area contributed by atoms with Crippen LogP contribution in [0.3, 0.4) is 0 Å². The molecule has 0 radical (unpaired) electrons. The standard InChI is InChI=1S/C8H17N5/c1-4-13-8(10-11-12-13)6-9-5-7(2)3/h7,9H,4-6H2,1-3H3. The van der Waals surface area contributed by atoms with E-state index in [1.165, 1.54) is 0 Å². The van der Waals surface area contributed by atoms with Crippen molar-refractivity contribution in [1.82, 2.24) is 25.5 Å². The Balaban J connectivity index is 2.36. The molecule has 0 saturated carbocycles. The van der Waals surface area contributed by atoms with Crippen LogP contribution >= 0.6 is 0 Å². The fourth-order valence-electron chi connectivity index (χ4n) is 1.07. The normalized spacial score (nSPS) is 11.1. The Hall–Kier alpha value is -0.970. The van der Waals surface area contributed by atoms with Crippen molar-refractivity contribution >= 4 is 0 Å². The average molecular weight is 183 g/mol. The molecule has 0 aromatic carbocycles. The lowest BCUT2D eigenvalue weighted by Crippen LogP contribution is -2.21. The summed E-state index contributed by atoms with van der Waals surface area (Å²) in [5.41, 5.74) is 0. The van der Waals surface area contributed by atoms with Crippen molar-refractivity contribution in [1.29, 1.82) is 0 Å². The molecule has 1 aromatic heterocycles. The van der Waals surface area contributed by atoms with Gasteiger partial charge in [-0.05, 0) is 29.8 Å². The van der Waals surface area contributed by atoms with Gasteiger partial charge < -0.3 is 5.32 Å². The van der Waals surface area contributed by atoms with E-state index in [9.17, 15) is 0 Å². The highest BCUT2D eigenvalue weighted by Gasteiger charge is 2.02. The number of hydrogen-bond acceptors (Lipinski definition) is 4. The molecule has 1 aromatic rings. The van der Waals surface area contributed by atoms with Crippen LogP contribution in [-0.2, 0) is 13.1 Å². The quantitative estimate of drug-likeness (QED) is 0.719. The number of tetrazole rings is 1. The lowest BCUT2D eigenvalue weighted by molar-refractivity contribution is 0.518. The Kier molecular flexibility index (Phi) is 3.82. The second kappa shape index (κ2) is 4.91. The molecule has 5 nitrogen and oxygen atoms in total. The third-order valence-electron chi connectivity index (χ3n) is 1.74. The Morgan fingerprint density at radius 3 is 2.85 bits per heavy atom. The van der Waals surface area contributed by atoms with E-state index in [1.807, 2.05) is 6.92 Å². The maximum absolute atomic E-state index is 3.92. The molecule has 1 heterocycles. The molecule has 74 valence electrons. The van der Waals surface area contributed by atoms with Crippen molar-refractivity contribution in [3.8, 4) is 0 Å². The molecule has 1 N–H and O–H groups in total. The SMILES string of the molecule is CCn1nnnc1CNCC(C)C. The molecule has 0 aliphatic carbocycles. The second-order valence-electron chi connectivity index (χ2n) is 3.44. The fourth-order valence-corrected chi connectivity index (χ4v) is 1.07. The first kappa shape index (κ1) is 10.1. The summed E-state index contributed by atoms with van der Waals surface area (Å²) < 4.78 is 1.80. The Labute approximate surface area is 78.5 Å². The largest absolute Gasteiger partial charge is 0.310 e. The highest BCUT2D eigenvalue weighted by Crippen LogP contribution is 1.92. The summed E-state index contributed by atoms with van der Waals surface area (Å²) in [4.78, 5) is 0.